The van der Waals surface area contributed by atoms with E-state index in [1.807, 2.05) is 0 Å². The molecule has 0 amide bonds. The second-order valence-electron chi connectivity index (χ2n) is 16.3. The molecule has 20 nitrogen and oxygen atoms in total. The van der Waals surface area contributed by atoms with Crippen LogP contribution < -0.4 is 0 Å². The average molecular weight is 869 g/mol. The molecule has 1 spiro atoms. The zero-order valence-corrected chi connectivity index (χ0v) is 35.3. The Kier molecular flexibility index (Phi) is 12.5. The minimum atomic E-state index is -2.87. The van der Waals surface area contributed by atoms with Crippen LogP contribution in [0.15, 0.2) is 42.9 Å². The zero-order valence-electron chi connectivity index (χ0n) is 35.3. The van der Waals surface area contributed by atoms with E-state index in [1.165, 1.54) is 50.5 Å². The number of fused-ring (bicyclic) bond motifs is 5. The first-order valence-electron chi connectivity index (χ1n) is 19.8. The van der Waals surface area contributed by atoms with Gasteiger partial charge in [-0.1, -0.05) is 6.92 Å². The van der Waals surface area contributed by atoms with E-state index < -0.39 is 132 Å². The quantitative estimate of drug-likeness (QED) is 0.291. The van der Waals surface area contributed by atoms with E-state index in [9.17, 15) is 43.5 Å². The van der Waals surface area contributed by atoms with Gasteiger partial charge >= 0.3 is 47.8 Å². The molecule has 2 aliphatic heterocycles. The van der Waals surface area contributed by atoms with Gasteiger partial charge in [-0.25, -0.2) is 9.59 Å². The smallest absolute Gasteiger partial charge is 0.340 e. The molecule has 4 aliphatic rings. The van der Waals surface area contributed by atoms with E-state index in [1.54, 1.807) is 0 Å². The number of carbonyl (C=O) groups excluding carboxylic acids is 8. The van der Waals surface area contributed by atoms with Crippen LogP contribution in [0, 0.1) is 17.3 Å². The number of aliphatic hydroxyl groups is 1. The number of hydrogen-bond acceptors (Lipinski definition) is 20. The van der Waals surface area contributed by atoms with Crippen molar-refractivity contribution in [1.82, 2.24) is 9.97 Å². The maximum atomic E-state index is 14.4. The maximum absolute atomic E-state index is 14.4. The third kappa shape index (κ3) is 7.73. The van der Waals surface area contributed by atoms with E-state index >= 15 is 0 Å². The van der Waals surface area contributed by atoms with Gasteiger partial charge in [0, 0.05) is 53.2 Å². The summed E-state index contributed by atoms with van der Waals surface area (Å²) >= 11 is 0. The predicted octanol–water partition coefficient (Wildman–Crippen LogP) is 1.55. The van der Waals surface area contributed by atoms with Gasteiger partial charge in [0.1, 0.15) is 42.0 Å². The first-order valence-corrected chi connectivity index (χ1v) is 19.8. The van der Waals surface area contributed by atoms with Crippen LogP contribution in [0.3, 0.4) is 0 Å². The predicted molar refractivity (Wildman–Crippen MR) is 203 cm³/mol. The van der Waals surface area contributed by atoms with Crippen molar-refractivity contribution in [3.63, 3.8) is 0 Å². The second-order valence-corrected chi connectivity index (χ2v) is 16.3. The highest BCUT2D eigenvalue weighted by atomic mass is 16.7. The summed E-state index contributed by atoms with van der Waals surface area (Å²) in [6.07, 6.45) is -8.25. The van der Waals surface area contributed by atoms with Crippen molar-refractivity contribution in [2.75, 3.05) is 13.2 Å². The topological polar surface area (TPSA) is 266 Å². The molecule has 6 rings (SSSR count). The summed E-state index contributed by atoms with van der Waals surface area (Å²) in [7, 11) is 0. The fourth-order valence-corrected chi connectivity index (χ4v) is 9.64. The number of rotatable bonds is 8. The summed E-state index contributed by atoms with van der Waals surface area (Å²) in [4.78, 5) is 117. The van der Waals surface area contributed by atoms with Gasteiger partial charge in [0.15, 0.2) is 30.0 Å². The molecule has 0 aromatic carbocycles. The van der Waals surface area contributed by atoms with Crippen LogP contribution in [0.1, 0.15) is 88.2 Å². The number of hydrogen-bond donors (Lipinski definition) is 1. The number of ether oxygens (including phenoxy) is 9. The fraction of sp³-hybridized carbons (Fsp3) is 0.571. The number of esters is 8. The fourth-order valence-electron chi connectivity index (χ4n) is 9.64. The van der Waals surface area contributed by atoms with Crippen molar-refractivity contribution < 1.29 is 86.1 Å². The summed E-state index contributed by atoms with van der Waals surface area (Å²) in [6.45, 7) is 7.08. The van der Waals surface area contributed by atoms with Gasteiger partial charge in [-0.3, -0.25) is 38.7 Å². The molecule has 1 saturated heterocycles. The number of aromatic nitrogens is 2. The number of cyclic esters (lactones) is 1. The van der Waals surface area contributed by atoms with E-state index in [2.05, 4.69) is 9.97 Å². The van der Waals surface area contributed by atoms with Gasteiger partial charge in [-0.2, -0.15) is 0 Å². The lowest BCUT2D eigenvalue weighted by atomic mass is 9.45. The highest BCUT2D eigenvalue weighted by molar-refractivity contribution is 5.91. The Labute approximate surface area is 355 Å². The molecule has 20 heteroatoms. The molecule has 4 heterocycles. The van der Waals surface area contributed by atoms with E-state index in [-0.39, 0.29) is 29.7 Å². The molecular formula is C42H48N2O18. The summed E-state index contributed by atoms with van der Waals surface area (Å²) in [5.74, 6) is -10.8. The summed E-state index contributed by atoms with van der Waals surface area (Å²) in [5.41, 5.74) is -10.3. The van der Waals surface area contributed by atoms with Crippen LogP contribution >= 0.6 is 0 Å². The largest absolute Gasteiger partial charge is 0.465 e. The highest BCUT2D eigenvalue weighted by Crippen LogP contribution is 2.70. The van der Waals surface area contributed by atoms with Crippen LogP contribution in [0.2, 0.25) is 0 Å². The lowest BCUT2D eigenvalue weighted by Crippen LogP contribution is -2.89. The minimum Gasteiger partial charge on any atom is -0.465 e. The second kappa shape index (κ2) is 17.0. The molecule has 1 N–H and O–H groups in total. The standard InChI is InChI=1S/C42H48N2O18/c1-20-13-14-28-27(12-10-16-44-28)38(52)55-18-39(7)29-30(56-22(3)46)34(58-24(5)48)41(19-54-21(2)45)35(59-25(6)49)31(60-37(51)26-11-9-15-43-17-26)33(61-36(20)50)40(8,53)42(41,62-39)32(29)57-23(4)47/h9-12,15-17,20,29-35,53H,13-14,18-19H2,1-8H3. The maximum Gasteiger partial charge on any atom is 0.340 e. The number of nitrogens with zero attached hydrogens (tertiary/aromatic N) is 2. The molecule has 62 heavy (non-hydrogen) atoms. The molecule has 12 unspecified atom stereocenters. The third-order valence-electron chi connectivity index (χ3n) is 12.0. The molecule has 334 valence electrons. The Morgan fingerprint density at radius 2 is 1.42 bits per heavy atom. The molecule has 4 bridgehead atoms. The summed E-state index contributed by atoms with van der Waals surface area (Å²) < 4.78 is 55.2. The van der Waals surface area contributed by atoms with Crippen LogP contribution in [0.4, 0.5) is 0 Å². The Hall–Kier alpha value is -6.02. The first kappa shape index (κ1) is 45.5. The molecule has 12 atom stereocenters. The van der Waals surface area contributed by atoms with Crippen molar-refractivity contribution in [1.29, 1.82) is 0 Å². The number of aryl methyl sites for hydroxylation is 1. The Morgan fingerprint density at radius 1 is 0.806 bits per heavy atom. The Bertz CT molecular complexity index is 2140. The van der Waals surface area contributed by atoms with E-state index in [0.717, 1.165) is 47.7 Å². The number of carbonyl (C=O) groups is 8. The molecule has 3 fully saturated rings. The van der Waals surface area contributed by atoms with Gasteiger partial charge in [0.2, 0.25) is 0 Å². The molecule has 2 saturated carbocycles. The van der Waals surface area contributed by atoms with E-state index in [4.69, 9.17) is 42.6 Å². The first-order chi connectivity index (χ1) is 29.1. The van der Waals surface area contributed by atoms with Crippen LogP contribution in [-0.2, 0) is 77.8 Å². The van der Waals surface area contributed by atoms with Crippen molar-refractivity contribution in [3.8, 4) is 0 Å². The summed E-state index contributed by atoms with van der Waals surface area (Å²) in [5, 5.41) is 13.6. The monoisotopic (exact) mass is 868 g/mol. The number of pyridine rings is 2. The van der Waals surface area contributed by atoms with Crippen LogP contribution in [0.25, 0.3) is 0 Å². The van der Waals surface area contributed by atoms with Crippen molar-refractivity contribution in [2.24, 2.45) is 17.3 Å². The van der Waals surface area contributed by atoms with Crippen molar-refractivity contribution >= 4 is 47.8 Å². The van der Waals surface area contributed by atoms with Gasteiger partial charge in [0.25, 0.3) is 0 Å². The van der Waals surface area contributed by atoms with Crippen molar-refractivity contribution in [3.05, 3.63) is 59.7 Å². The Morgan fingerprint density at radius 3 is 2.02 bits per heavy atom. The van der Waals surface area contributed by atoms with Gasteiger partial charge in [0.05, 0.1) is 28.7 Å². The molecular weight excluding hydrogens is 820 g/mol. The Balaban J connectivity index is 1.77. The lowest BCUT2D eigenvalue weighted by molar-refractivity contribution is -0.386. The minimum absolute atomic E-state index is 0.0174. The van der Waals surface area contributed by atoms with Crippen LogP contribution in [-0.4, -0.2) is 129 Å². The average Bonchev–Trinajstić information content (AvgIpc) is 3.41. The summed E-state index contributed by atoms with van der Waals surface area (Å²) in [6, 6.07) is 5.69. The SMILES string of the molecule is CC(=O)OCC12C(OC(C)=O)C(OC(C)=O)C3C(OC(C)=O)C14OC3(C)COC(=O)c1cccnc1CCC(C)C(=O)OC(C(OC(=O)c1cccnc1)C2OC(C)=O)C4(C)O. The van der Waals surface area contributed by atoms with Gasteiger partial charge in [-0.15, -0.1) is 0 Å². The molecule has 2 aliphatic carbocycles. The molecule has 2 aromatic rings. The molecule has 2 aromatic heterocycles. The van der Waals surface area contributed by atoms with Gasteiger partial charge in [-0.05, 0) is 51.0 Å². The molecule has 0 radical (unpaired) electrons. The zero-order chi connectivity index (χ0) is 45.5. The van der Waals surface area contributed by atoms with E-state index in [0.29, 0.717) is 0 Å². The van der Waals surface area contributed by atoms with Gasteiger partial charge < -0.3 is 47.7 Å². The third-order valence-corrected chi connectivity index (χ3v) is 12.0. The van der Waals surface area contributed by atoms with Crippen molar-refractivity contribution in [2.45, 2.75) is 122 Å². The highest BCUT2D eigenvalue weighted by Gasteiger charge is 2.92. The normalized spacial score (nSPS) is 35.0. The lowest BCUT2D eigenvalue weighted by Gasteiger charge is -2.67. The van der Waals surface area contributed by atoms with Crippen LogP contribution in [0.5, 0.6) is 0 Å².